The van der Waals surface area contributed by atoms with E-state index in [1.54, 1.807) is 38.2 Å². The van der Waals surface area contributed by atoms with Gasteiger partial charge in [0.05, 0.1) is 24.6 Å². The fourth-order valence-electron chi connectivity index (χ4n) is 4.37. The van der Waals surface area contributed by atoms with Crippen molar-refractivity contribution in [3.8, 4) is 5.75 Å². The lowest BCUT2D eigenvalue weighted by atomic mass is 9.83. The summed E-state index contributed by atoms with van der Waals surface area (Å²) in [4.78, 5) is 14.2. The fourth-order valence-corrected chi connectivity index (χ4v) is 4.49. The largest absolute Gasteiger partial charge is 0.479 e. The molecule has 12 nitrogen and oxygen atoms in total. The molecule has 0 radical (unpaired) electrons. The normalized spacial score (nSPS) is 21.5. The number of aliphatic hydroxyl groups excluding tert-OH is 1. The zero-order valence-electron chi connectivity index (χ0n) is 19.5. The summed E-state index contributed by atoms with van der Waals surface area (Å²) in [5, 5.41) is 36.1. The molecule has 0 saturated heterocycles. The molecule has 0 amide bonds. The highest BCUT2D eigenvalue weighted by Gasteiger charge is 2.54. The highest BCUT2D eigenvalue weighted by molar-refractivity contribution is 6.30. The first-order valence-electron chi connectivity index (χ1n) is 10.6. The van der Waals surface area contributed by atoms with Gasteiger partial charge in [-0.3, -0.25) is 10.1 Å². The predicted molar refractivity (Wildman–Crippen MR) is 125 cm³/mol. The number of nitrogens with zero attached hydrogens (tertiary/aromatic N) is 6. The Labute approximate surface area is 206 Å². The zero-order chi connectivity index (χ0) is 25.3. The molecule has 3 atom stereocenters. The SMILES string of the molecule is COC(OC)[C@]1(C)Oc2ccc([N+](=O)[O-])cc2[C@H](N(Cc2nnn(C)n2)c2ccc(Cl)cc2)[C@H]1O. The standard InChI is InChI=1S/C22H25ClN6O6/c1-22(21(33-3)34-4)20(30)19(16-11-15(29(31)32)9-10-17(16)35-22)28(12-18-24-26-27(2)25-18)14-7-5-13(23)6-8-14/h5-11,19-21,30H,12H2,1-4H3/t19-,20+,22+/m0/s1. The number of anilines is 1. The Hall–Kier alpha value is -3.32. The molecular formula is C22H25ClN6O6. The summed E-state index contributed by atoms with van der Waals surface area (Å²) in [5.41, 5.74) is -0.442. The Morgan fingerprint density at radius 1 is 1.29 bits per heavy atom. The van der Waals surface area contributed by atoms with Gasteiger partial charge in [-0.1, -0.05) is 11.6 Å². The van der Waals surface area contributed by atoms with Crippen molar-refractivity contribution in [3.05, 3.63) is 69.0 Å². The third-order valence-electron chi connectivity index (χ3n) is 5.99. The molecule has 1 aliphatic heterocycles. The van der Waals surface area contributed by atoms with Crippen LogP contribution in [0.15, 0.2) is 42.5 Å². The van der Waals surface area contributed by atoms with Crippen molar-refractivity contribution in [1.29, 1.82) is 0 Å². The number of nitro groups is 1. The lowest BCUT2D eigenvalue weighted by Crippen LogP contribution is -2.62. The van der Waals surface area contributed by atoms with Crippen molar-refractivity contribution in [2.75, 3.05) is 19.1 Å². The van der Waals surface area contributed by atoms with Crippen molar-refractivity contribution in [2.24, 2.45) is 7.05 Å². The van der Waals surface area contributed by atoms with Crippen molar-refractivity contribution < 1.29 is 24.2 Å². The van der Waals surface area contributed by atoms with Crippen LogP contribution in [0.5, 0.6) is 5.75 Å². The first-order chi connectivity index (χ1) is 16.7. The Balaban J connectivity index is 1.92. The van der Waals surface area contributed by atoms with Gasteiger partial charge >= 0.3 is 0 Å². The van der Waals surface area contributed by atoms with Gasteiger partial charge < -0.3 is 24.2 Å². The van der Waals surface area contributed by atoms with E-state index in [4.69, 9.17) is 25.8 Å². The van der Waals surface area contributed by atoms with Crippen LogP contribution in [0.25, 0.3) is 0 Å². The maximum absolute atomic E-state index is 11.8. The number of aryl methyl sites for hydroxylation is 1. The average molecular weight is 505 g/mol. The molecule has 0 saturated carbocycles. The van der Waals surface area contributed by atoms with E-state index in [2.05, 4.69) is 15.4 Å². The van der Waals surface area contributed by atoms with Gasteiger partial charge in [0.25, 0.3) is 5.69 Å². The van der Waals surface area contributed by atoms with Gasteiger partial charge in [-0.25, -0.2) is 0 Å². The molecule has 0 aliphatic carbocycles. The molecule has 2 aromatic carbocycles. The molecule has 0 fully saturated rings. The van der Waals surface area contributed by atoms with E-state index in [0.29, 0.717) is 27.8 Å². The van der Waals surface area contributed by atoms with Crippen LogP contribution in [0, 0.1) is 10.1 Å². The van der Waals surface area contributed by atoms with Gasteiger partial charge in [0.15, 0.2) is 17.7 Å². The number of hydrogen-bond acceptors (Lipinski definition) is 10. The van der Waals surface area contributed by atoms with Gasteiger partial charge in [0, 0.05) is 42.6 Å². The molecule has 0 spiro atoms. The first-order valence-corrected chi connectivity index (χ1v) is 11.0. The van der Waals surface area contributed by atoms with Gasteiger partial charge in [0.1, 0.15) is 11.9 Å². The summed E-state index contributed by atoms with van der Waals surface area (Å²) in [6.45, 7) is 1.79. The van der Waals surface area contributed by atoms with Crippen LogP contribution in [0.1, 0.15) is 24.4 Å². The minimum Gasteiger partial charge on any atom is -0.479 e. The number of hydrogen-bond donors (Lipinski definition) is 1. The molecule has 3 aromatic rings. The van der Waals surface area contributed by atoms with E-state index in [-0.39, 0.29) is 12.2 Å². The molecule has 1 aromatic heterocycles. The van der Waals surface area contributed by atoms with Gasteiger partial charge in [-0.05, 0) is 42.5 Å². The summed E-state index contributed by atoms with van der Waals surface area (Å²) >= 11 is 6.12. The second kappa shape index (κ2) is 9.74. The van der Waals surface area contributed by atoms with E-state index in [0.717, 1.165) is 0 Å². The number of aromatic nitrogens is 4. The van der Waals surface area contributed by atoms with Crippen LogP contribution in [0.2, 0.25) is 5.02 Å². The van der Waals surface area contributed by atoms with E-state index in [1.807, 2.05) is 4.90 Å². The topological polar surface area (TPSA) is 138 Å². The molecule has 4 rings (SSSR count). The second-order valence-electron chi connectivity index (χ2n) is 8.26. The van der Waals surface area contributed by atoms with Gasteiger partial charge in [-0.2, -0.15) is 4.80 Å². The summed E-state index contributed by atoms with van der Waals surface area (Å²) < 4.78 is 17.1. The first kappa shape index (κ1) is 24.8. The Morgan fingerprint density at radius 2 is 1.97 bits per heavy atom. The summed E-state index contributed by atoms with van der Waals surface area (Å²) in [5.74, 6) is 0.725. The second-order valence-corrected chi connectivity index (χ2v) is 8.69. The monoisotopic (exact) mass is 504 g/mol. The fraction of sp³-hybridized carbons (Fsp3) is 0.409. The van der Waals surface area contributed by atoms with Crippen LogP contribution in [-0.4, -0.2) is 62.5 Å². The number of fused-ring (bicyclic) bond motifs is 1. The number of halogens is 1. The maximum atomic E-state index is 11.8. The Bertz CT molecular complexity index is 1200. The minimum absolute atomic E-state index is 0.125. The number of non-ortho nitro benzene ring substituents is 1. The van der Waals surface area contributed by atoms with Gasteiger partial charge in [0.2, 0.25) is 0 Å². The quantitative estimate of drug-likeness (QED) is 0.276. The number of methoxy groups -OCH3 is 2. The number of ether oxygens (including phenoxy) is 3. The van der Waals surface area contributed by atoms with E-state index < -0.39 is 29.0 Å². The Kier molecular flexibility index (Phi) is 6.90. The molecule has 1 aliphatic rings. The van der Waals surface area contributed by atoms with Crippen molar-refractivity contribution in [2.45, 2.75) is 37.5 Å². The van der Waals surface area contributed by atoms with Crippen molar-refractivity contribution >= 4 is 23.0 Å². The van der Waals surface area contributed by atoms with Crippen molar-refractivity contribution in [1.82, 2.24) is 20.2 Å². The summed E-state index contributed by atoms with van der Waals surface area (Å²) in [7, 11) is 4.52. The third kappa shape index (κ3) is 4.65. The summed E-state index contributed by atoms with van der Waals surface area (Å²) in [6, 6.07) is 10.4. The predicted octanol–water partition coefficient (Wildman–Crippen LogP) is 2.65. The molecule has 2 heterocycles. The lowest BCUT2D eigenvalue weighted by Gasteiger charge is -2.49. The highest BCUT2D eigenvalue weighted by Crippen LogP contribution is 2.47. The molecular weight excluding hydrogens is 480 g/mol. The minimum atomic E-state index is -1.38. The van der Waals surface area contributed by atoms with E-state index in [9.17, 15) is 15.2 Å². The lowest BCUT2D eigenvalue weighted by molar-refractivity contribution is -0.385. The van der Waals surface area contributed by atoms with Crippen LogP contribution in [0.3, 0.4) is 0 Å². The molecule has 13 heteroatoms. The molecule has 0 bridgehead atoms. The van der Waals surface area contributed by atoms with E-state index >= 15 is 0 Å². The van der Waals surface area contributed by atoms with Crippen LogP contribution in [0.4, 0.5) is 11.4 Å². The molecule has 0 unspecified atom stereocenters. The number of aliphatic hydroxyl groups is 1. The molecule has 186 valence electrons. The van der Waals surface area contributed by atoms with Gasteiger partial charge in [-0.15, -0.1) is 10.2 Å². The summed E-state index contributed by atoms with van der Waals surface area (Å²) in [6.07, 6.45) is -2.22. The van der Waals surface area contributed by atoms with E-state index in [1.165, 1.54) is 37.2 Å². The van der Waals surface area contributed by atoms with Crippen LogP contribution < -0.4 is 9.64 Å². The van der Waals surface area contributed by atoms with Crippen LogP contribution in [-0.2, 0) is 23.1 Å². The maximum Gasteiger partial charge on any atom is 0.270 e. The number of tetrazole rings is 1. The number of nitro benzene ring substituents is 1. The molecule has 35 heavy (non-hydrogen) atoms. The number of rotatable bonds is 8. The third-order valence-corrected chi connectivity index (χ3v) is 6.24. The molecule has 1 N–H and O–H groups in total. The number of benzene rings is 2. The van der Waals surface area contributed by atoms with Crippen molar-refractivity contribution in [3.63, 3.8) is 0 Å². The van der Waals surface area contributed by atoms with Crippen LogP contribution >= 0.6 is 11.6 Å². The smallest absolute Gasteiger partial charge is 0.270 e. The Morgan fingerprint density at radius 3 is 2.54 bits per heavy atom. The highest BCUT2D eigenvalue weighted by atomic mass is 35.5. The zero-order valence-corrected chi connectivity index (χ0v) is 20.3. The average Bonchev–Trinajstić information content (AvgIpc) is 3.24.